The summed E-state index contributed by atoms with van der Waals surface area (Å²) in [4.78, 5) is 11.6. The molecule has 1 fully saturated rings. The van der Waals surface area contributed by atoms with Gasteiger partial charge in [-0.3, -0.25) is 4.79 Å². The van der Waals surface area contributed by atoms with Crippen LogP contribution in [0.3, 0.4) is 0 Å². The van der Waals surface area contributed by atoms with E-state index in [1.165, 1.54) is 0 Å². The van der Waals surface area contributed by atoms with Gasteiger partial charge in [-0.05, 0) is 45.6 Å². The molecule has 0 amide bonds. The van der Waals surface area contributed by atoms with Crippen molar-refractivity contribution in [1.82, 2.24) is 5.32 Å². The van der Waals surface area contributed by atoms with Crippen molar-refractivity contribution in [2.75, 3.05) is 26.3 Å². The molecular formula is C13H25NO4. The standard InChI is InChI=1S/C13H25NO4/c1-2-18-12(16)11-4-6-13(17,7-5-11)10-14-8-3-9-15/h11,14-15,17H,2-10H2,1H3. The van der Waals surface area contributed by atoms with Gasteiger partial charge < -0.3 is 20.3 Å². The minimum absolute atomic E-state index is 0.0531. The molecule has 5 heteroatoms. The maximum atomic E-state index is 11.6. The van der Waals surface area contributed by atoms with E-state index in [0.29, 0.717) is 51.8 Å². The monoisotopic (exact) mass is 259 g/mol. The van der Waals surface area contributed by atoms with Crippen molar-refractivity contribution in [2.24, 2.45) is 5.92 Å². The smallest absolute Gasteiger partial charge is 0.308 e. The second-order valence-electron chi connectivity index (χ2n) is 5.00. The first-order valence-corrected chi connectivity index (χ1v) is 6.82. The first kappa shape index (κ1) is 15.4. The van der Waals surface area contributed by atoms with Crippen molar-refractivity contribution >= 4 is 5.97 Å². The second kappa shape index (κ2) is 7.71. The van der Waals surface area contributed by atoms with Crippen LogP contribution in [0.5, 0.6) is 0 Å². The number of nitrogens with one attached hydrogen (secondary N) is 1. The molecular weight excluding hydrogens is 234 g/mol. The molecule has 0 saturated heterocycles. The SMILES string of the molecule is CCOC(=O)C1CCC(O)(CNCCCO)CC1. The molecule has 0 aliphatic heterocycles. The highest BCUT2D eigenvalue weighted by Crippen LogP contribution is 2.32. The number of aliphatic hydroxyl groups is 2. The Kier molecular flexibility index (Phi) is 6.60. The lowest BCUT2D eigenvalue weighted by molar-refractivity contribution is -0.151. The largest absolute Gasteiger partial charge is 0.466 e. The van der Waals surface area contributed by atoms with Crippen molar-refractivity contribution in [3.8, 4) is 0 Å². The molecule has 18 heavy (non-hydrogen) atoms. The highest BCUT2D eigenvalue weighted by atomic mass is 16.5. The molecule has 0 atom stereocenters. The van der Waals surface area contributed by atoms with Crippen LogP contribution >= 0.6 is 0 Å². The van der Waals surface area contributed by atoms with Gasteiger partial charge in [0.25, 0.3) is 0 Å². The number of aliphatic hydroxyl groups excluding tert-OH is 1. The third-order valence-corrected chi connectivity index (χ3v) is 3.50. The van der Waals surface area contributed by atoms with Gasteiger partial charge in [0.2, 0.25) is 0 Å². The molecule has 0 aromatic carbocycles. The van der Waals surface area contributed by atoms with Crippen molar-refractivity contribution in [3.63, 3.8) is 0 Å². The normalized spacial score (nSPS) is 28.1. The predicted octanol–water partition coefficient (Wildman–Crippen LogP) is 0.443. The summed E-state index contributed by atoms with van der Waals surface area (Å²) in [6.45, 7) is 3.63. The summed E-state index contributed by atoms with van der Waals surface area (Å²) in [5, 5.41) is 22.1. The van der Waals surface area contributed by atoms with Gasteiger partial charge in [-0.25, -0.2) is 0 Å². The quantitative estimate of drug-likeness (QED) is 0.457. The van der Waals surface area contributed by atoms with E-state index in [-0.39, 0.29) is 18.5 Å². The first-order valence-electron chi connectivity index (χ1n) is 6.82. The Bertz CT molecular complexity index is 249. The van der Waals surface area contributed by atoms with E-state index >= 15 is 0 Å². The lowest BCUT2D eigenvalue weighted by atomic mass is 9.79. The number of rotatable bonds is 7. The van der Waals surface area contributed by atoms with Crippen molar-refractivity contribution < 1.29 is 19.7 Å². The average Bonchev–Trinajstić information content (AvgIpc) is 2.36. The summed E-state index contributed by atoms with van der Waals surface area (Å²) in [6, 6.07) is 0. The zero-order chi connectivity index (χ0) is 13.4. The van der Waals surface area contributed by atoms with E-state index < -0.39 is 5.60 Å². The van der Waals surface area contributed by atoms with Crippen LogP contribution in [0.1, 0.15) is 39.0 Å². The zero-order valence-electron chi connectivity index (χ0n) is 11.2. The van der Waals surface area contributed by atoms with Crippen LogP contribution in [0, 0.1) is 5.92 Å². The molecule has 1 saturated carbocycles. The molecule has 0 aromatic rings. The predicted molar refractivity (Wildman–Crippen MR) is 68.1 cm³/mol. The Hall–Kier alpha value is -0.650. The van der Waals surface area contributed by atoms with Crippen LogP contribution in [-0.2, 0) is 9.53 Å². The van der Waals surface area contributed by atoms with Crippen LogP contribution < -0.4 is 5.32 Å². The summed E-state index contributed by atoms with van der Waals surface area (Å²) < 4.78 is 5.00. The fourth-order valence-electron chi connectivity index (χ4n) is 2.35. The van der Waals surface area contributed by atoms with Gasteiger partial charge in [0, 0.05) is 13.2 Å². The molecule has 5 nitrogen and oxygen atoms in total. The van der Waals surface area contributed by atoms with Gasteiger partial charge in [0.05, 0.1) is 18.1 Å². The Morgan fingerprint density at radius 2 is 2.11 bits per heavy atom. The minimum atomic E-state index is -0.710. The van der Waals surface area contributed by atoms with E-state index in [9.17, 15) is 9.90 Å². The topological polar surface area (TPSA) is 78.8 Å². The zero-order valence-corrected chi connectivity index (χ0v) is 11.2. The minimum Gasteiger partial charge on any atom is -0.466 e. The van der Waals surface area contributed by atoms with Crippen LogP contribution in [-0.4, -0.2) is 48.1 Å². The van der Waals surface area contributed by atoms with Crippen molar-refractivity contribution in [1.29, 1.82) is 0 Å². The highest BCUT2D eigenvalue weighted by Gasteiger charge is 2.35. The maximum Gasteiger partial charge on any atom is 0.308 e. The third kappa shape index (κ3) is 4.92. The maximum absolute atomic E-state index is 11.6. The van der Waals surface area contributed by atoms with Gasteiger partial charge in [-0.1, -0.05) is 0 Å². The lowest BCUT2D eigenvalue weighted by Gasteiger charge is -2.35. The lowest BCUT2D eigenvalue weighted by Crippen LogP contribution is -2.44. The van der Waals surface area contributed by atoms with Gasteiger partial charge in [0.1, 0.15) is 0 Å². The number of carbonyl (C=O) groups excluding carboxylic acids is 1. The van der Waals surface area contributed by atoms with Crippen LogP contribution in [0.4, 0.5) is 0 Å². The molecule has 0 bridgehead atoms. The van der Waals surface area contributed by atoms with Crippen LogP contribution in [0.2, 0.25) is 0 Å². The summed E-state index contributed by atoms with van der Waals surface area (Å²) in [5.41, 5.74) is -0.710. The third-order valence-electron chi connectivity index (χ3n) is 3.50. The van der Waals surface area contributed by atoms with Crippen LogP contribution in [0.25, 0.3) is 0 Å². The Morgan fingerprint density at radius 1 is 1.44 bits per heavy atom. The average molecular weight is 259 g/mol. The fraction of sp³-hybridized carbons (Fsp3) is 0.923. The Labute approximate surface area is 109 Å². The molecule has 0 spiro atoms. The molecule has 0 unspecified atom stereocenters. The van der Waals surface area contributed by atoms with Gasteiger partial charge in [-0.2, -0.15) is 0 Å². The van der Waals surface area contributed by atoms with E-state index in [0.717, 1.165) is 0 Å². The molecule has 0 aromatic heterocycles. The van der Waals surface area contributed by atoms with Crippen molar-refractivity contribution in [3.05, 3.63) is 0 Å². The number of hydrogen-bond donors (Lipinski definition) is 3. The Balaban J connectivity index is 2.26. The summed E-state index contributed by atoms with van der Waals surface area (Å²) >= 11 is 0. The first-order chi connectivity index (χ1) is 8.61. The van der Waals surface area contributed by atoms with Gasteiger partial charge >= 0.3 is 5.97 Å². The molecule has 0 heterocycles. The van der Waals surface area contributed by atoms with Crippen LogP contribution in [0.15, 0.2) is 0 Å². The highest BCUT2D eigenvalue weighted by molar-refractivity contribution is 5.72. The molecule has 1 aliphatic carbocycles. The second-order valence-corrected chi connectivity index (χ2v) is 5.00. The number of hydrogen-bond acceptors (Lipinski definition) is 5. The summed E-state index contributed by atoms with van der Waals surface area (Å²) in [6.07, 6.45) is 3.33. The number of esters is 1. The van der Waals surface area contributed by atoms with Crippen molar-refractivity contribution in [2.45, 2.75) is 44.6 Å². The Morgan fingerprint density at radius 3 is 2.67 bits per heavy atom. The van der Waals surface area contributed by atoms with Gasteiger partial charge in [0.15, 0.2) is 0 Å². The molecule has 1 aliphatic rings. The molecule has 0 radical (unpaired) electrons. The molecule has 3 N–H and O–H groups in total. The van der Waals surface area contributed by atoms with E-state index in [4.69, 9.17) is 9.84 Å². The summed E-state index contributed by atoms with van der Waals surface area (Å²) in [7, 11) is 0. The number of carbonyl (C=O) groups is 1. The number of ether oxygens (including phenoxy) is 1. The fourth-order valence-corrected chi connectivity index (χ4v) is 2.35. The van der Waals surface area contributed by atoms with E-state index in [1.54, 1.807) is 0 Å². The van der Waals surface area contributed by atoms with E-state index in [2.05, 4.69) is 5.32 Å². The van der Waals surface area contributed by atoms with Gasteiger partial charge in [-0.15, -0.1) is 0 Å². The summed E-state index contributed by atoms with van der Waals surface area (Å²) in [5.74, 6) is -0.185. The van der Waals surface area contributed by atoms with E-state index in [1.807, 2.05) is 6.92 Å². The molecule has 106 valence electrons. The molecule has 1 rings (SSSR count).